The molecule has 2 N–H and O–H groups in total. The van der Waals surface area contributed by atoms with Crippen LogP contribution in [-0.4, -0.2) is 30.7 Å². The molecule has 8 nitrogen and oxygen atoms in total. The monoisotopic (exact) mass is 515 g/mol. The van der Waals surface area contributed by atoms with Gasteiger partial charge in [-0.05, 0) is 48.5 Å². The van der Waals surface area contributed by atoms with Crippen LogP contribution in [0.1, 0.15) is 10.5 Å². The molecule has 0 amide bonds. The van der Waals surface area contributed by atoms with E-state index < -0.39 is 5.91 Å². The Bertz CT molecular complexity index is 1710. The van der Waals surface area contributed by atoms with Gasteiger partial charge in [-0.25, -0.2) is 9.07 Å². The van der Waals surface area contributed by atoms with Crippen LogP contribution in [0.15, 0.2) is 121 Å². The van der Waals surface area contributed by atoms with Crippen molar-refractivity contribution in [1.29, 1.82) is 0 Å². The average molecular weight is 516 g/mol. The molecule has 0 aliphatic heterocycles. The molecule has 0 saturated heterocycles. The highest BCUT2D eigenvalue weighted by Gasteiger charge is 2.26. The second-order valence-electron chi connectivity index (χ2n) is 8.65. The lowest BCUT2D eigenvalue weighted by Crippen LogP contribution is -2.18. The normalized spacial score (nSPS) is 10.8. The summed E-state index contributed by atoms with van der Waals surface area (Å²) in [5.74, 6) is 0.0601. The van der Waals surface area contributed by atoms with Crippen LogP contribution in [0.2, 0.25) is 0 Å². The molecule has 39 heavy (non-hydrogen) atoms. The topological polar surface area (TPSA) is 89.7 Å². The zero-order valence-electron chi connectivity index (χ0n) is 20.6. The van der Waals surface area contributed by atoms with Crippen molar-refractivity contribution in [2.75, 3.05) is 10.6 Å². The number of carbonyl (C=O) groups is 1. The fraction of sp³-hybridized carbons (Fsp3) is 0. The quantitative estimate of drug-likeness (QED) is 0.254. The molecule has 0 atom stereocenters. The third-order valence-corrected chi connectivity index (χ3v) is 5.99. The molecule has 0 bridgehead atoms. The number of carbonyl (C=O) groups excluding carboxylic acids is 1. The Balaban J connectivity index is 1.46. The number of hydrogen-bond donors (Lipinski definition) is 2. The zero-order valence-corrected chi connectivity index (χ0v) is 20.6. The Morgan fingerprint density at radius 1 is 0.718 bits per heavy atom. The van der Waals surface area contributed by atoms with E-state index in [4.69, 9.17) is 0 Å². The molecule has 6 aromatic rings. The third-order valence-electron chi connectivity index (χ3n) is 5.99. The van der Waals surface area contributed by atoms with Crippen LogP contribution in [0.25, 0.3) is 16.9 Å². The maximum Gasteiger partial charge on any atom is 0.302 e. The average Bonchev–Trinajstić information content (AvgIpc) is 3.59. The molecule has 0 unspecified atom stereocenters. The lowest BCUT2D eigenvalue weighted by atomic mass is 10.1. The molecular formula is C30H22FN7O. The van der Waals surface area contributed by atoms with Gasteiger partial charge in [-0.2, -0.15) is 4.68 Å². The summed E-state index contributed by atoms with van der Waals surface area (Å²) in [6.07, 6.45) is 0. The number of anilines is 4. The lowest BCUT2D eigenvalue weighted by Gasteiger charge is -2.10. The highest BCUT2D eigenvalue weighted by molar-refractivity contribution is 6.01. The zero-order chi connectivity index (χ0) is 26.6. The minimum atomic E-state index is -0.484. The first-order chi connectivity index (χ1) is 19.2. The van der Waals surface area contributed by atoms with Crippen LogP contribution < -0.4 is 10.6 Å². The van der Waals surface area contributed by atoms with Crippen LogP contribution in [0.4, 0.5) is 27.4 Å². The van der Waals surface area contributed by atoms with Crippen molar-refractivity contribution < 1.29 is 9.18 Å². The van der Waals surface area contributed by atoms with Gasteiger partial charge >= 0.3 is 5.91 Å². The van der Waals surface area contributed by atoms with E-state index in [1.54, 1.807) is 18.2 Å². The van der Waals surface area contributed by atoms with Gasteiger partial charge in [0, 0.05) is 23.0 Å². The van der Waals surface area contributed by atoms with E-state index in [2.05, 4.69) is 26.0 Å². The molecule has 0 aliphatic rings. The van der Waals surface area contributed by atoms with E-state index >= 15 is 0 Å². The van der Waals surface area contributed by atoms with Gasteiger partial charge in [-0.15, -0.1) is 10.2 Å². The molecule has 0 aliphatic carbocycles. The van der Waals surface area contributed by atoms with Gasteiger partial charge in [-0.3, -0.25) is 4.79 Å². The molecule has 0 saturated carbocycles. The van der Waals surface area contributed by atoms with Crippen LogP contribution in [0.3, 0.4) is 0 Å². The number of benzene rings is 4. The SMILES string of the molecule is O=C(c1nnn(-c2ccc(F)cc2)c1-c1ccccc1)n1nc(Nc2ccccc2)cc1Nc1ccccc1. The molecule has 2 aromatic heterocycles. The van der Waals surface area contributed by atoms with Crippen LogP contribution in [0, 0.1) is 5.82 Å². The number of hydrogen-bond acceptors (Lipinski definition) is 6. The third kappa shape index (κ3) is 5.01. The predicted octanol–water partition coefficient (Wildman–Crippen LogP) is 6.45. The minimum Gasteiger partial charge on any atom is -0.340 e. The maximum atomic E-state index is 14.1. The number of aromatic nitrogens is 5. The van der Waals surface area contributed by atoms with Crippen molar-refractivity contribution in [3.05, 3.63) is 133 Å². The molecule has 190 valence electrons. The minimum absolute atomic E-state index is 0.0935. The Labute approximate surface area is 223 Å². The van der Waals surface area contributed by atoms with Gasteiger partial charge in [0.2, 0.25) is 0 Å². The number of nitrogens with one attached hydrogen (secondary N) is 2. The molecule has 0 spiro atoms. The Morgan fingerprint density at radius 2 is 1.31 bits per heavy atom. The van der Waals surface area contributed by atoms with Crippen molar-refractivity contribution in [1.82, 2.24) is 24.8 Å². The lowest BCUT2D eigenvalue weighted by molar-refractivity contribution is 0.0943. The van der Waals surface area contributed by atoms with E-state index in [-0.39, 0.29) is 11.5 Å². The van der Waals surface area contributed by atoms with Crippen LogP contribution in [0.5, 0.6) is 0 Å². The number of para-hydroxylation sites is 2. The second kappa shape index (κ2) is 10.4. The Kier molecular flexibility index (Phi) is 6.36. The molecule has 9 heteroatoms. The number of nitrogens with zero attached hydrogens (tertiary/aromatic N) is 5. The maximum absolute atomic E-state index is 14.1. The van der Waals surface area contributed by atoms with E-state index in [0.29, 0.717) is 23.0 Å². The largest absolute Gasteiger partial charge is 0.340 e. The summed E-state index contributed by atoms with van der Waals surface area (Å²) in [6, 6.07) is 36.0. The van der Waals surface area contributed by atoms with Crippen LogP contribution in [-0.2, 0) is 0 Å². The summed E-state index contributed by atoms with van der Waals surface area (Å²) in [5.41, 5.74) is 3.46. The standard InChI is InChI=1S/C30H22FN7O/c31-22-16-18-25(19-17-22)37-29(21-10-4-1-5-11-21)28(34-36-37)30(39)38-27(33-24-14-8-3-9-15-24)20-26(35-38)32-23-12-6-2-7-13-23/h1-20,33H,(H,32,35). The van der Waals surface area contributed by atoms with Crippen LogP contribution >= 0.6 is 0 Å². The first kappa shape index (κ1) is 23.8. The van der Waals surface area contributed by atoms with Crippen molar-refractivity contribution in [2.24, 2.45) is 0 Å². The highest BCUT2D eigenvalue weighted by Crippen LogP contribution is 2.29. The van der Waals surface area contributed by atoms with Crippen molar-refractivity contribution in [3.63, 3.8) is 0 Å². The molecular weight excluding hydrogens is 493 g/mol. The second-order valence-corrected chi connectivity index (χ2v) is 8.65. The van der Waals surface area contributed by atoms with Gasteiger partial charge in [-0.1, -0.05) is 71.9 Å². The molecule has 6 rings (SSSR count). The van der Waals surface area contributed by atoms with Crippen molar-refractivity contribution >= 4 is 28.9 Å². The summed E-state index contributed by atoms with van der Waals surface area (Å²) in [6.45, 7) is 0. The first-order valence-corrected chi connectivity index (χ1v) is 12.2. The smallest absolute Gasteiger partial charge is 0.302 e. The number of halogens is 1. The van der Waals surface area contributed by atoms with Gasteiger partial charge in [0.15, 0.2) is 11.5 Å². The Morgan fingerprint density at radius 3 is 1.95 bits per heavy atom. The van der Waals surface area contributed by atoms with Gasteiger partial charge < -0.3 is 10.6 Å². The summed E-state index contributed by atoms with van der Waals surface area (Å²) < 4.78 is 16.4. The van der Waals surface area contributed by atoms with Gasteiger partial charge in [0.1, 0.15) is 17.3 Å². The molecule has 0 radical (unpaired) electrons. The van der Waals surface area contributed by atoms with Gasteiger partial charge in [0.05, 0.1) is 5.69 Å². The van der Waals surface area contributed by atoms with Gasteiger partial charge in [0.25, 0.3) is 0 Å². The van der Waals surface area contributed by atoms with E-state index in [0.717, 1.165) is 16.9 Å². The summed E-state index contributed by atoms with van der Waals surface area (Å²) in [5, 5.41) is 19.6. The molecule has 2 heterocycles. The predicted molar refractivity (Wildman–Crippen MR) is 148 cm³/mol. The van der Waals surface area contributed by atoms with E-state index in [1.807, 2.05) is 91.0 Å². The molecule has 0 fully saturated rings. The summed E-state index contributed by atoms with van der Waals surface area (Å²) in [4.78, 5) is 14.1. The molecule has 4 aromatic carbocycles. The Hall–Kier alpha value is -5.57. The van der Waals surface area contributed by atoms with Crippen molar-refractivity contribution in [2.45, 2.75) is 0 Å². The summed E-state index contributed by atoms with van der Waals surface area (Å²) in [7, 11) is 0. The van der Waals surface area contributed by atoms with E-state index in [1.165, 1.54) is 21.5 Å². The van der Waals surface area contributed by atoms with E-state index in [9.17, 15) is 9.18 Å². The highest BCUT2D eigenvalue weighted by atomic mass is 19.1. The fourth-order valence-corrected chi connectivity index (χ4v) is 4.17. The fourth-order valence-electron chi connectivity index (χ4n) is 4.17. The van der Waals surface area contributed by atoms with Crippen molar-refractivity contribution in [3.8, 4) is 16.9 Å². The summed E-state index contributed by atoms with van der Waals surface area (Å²) >= 11 is 0. The first-order valence-electron chi connectivity index (χ1n) is 12.2. The number of rotatable bonds is 7.